The number of morpholine rings is 1. The van der Waals surface area contributed by atoms with E-state index in [4.69, 9.17) is 9.84 Å². The van der Waals surface area contributed by atoms with E-state index >= 15 is 0 Å². The monoisotopic (exact) mass is 371 g/mol. The summed E-state index contributed by atoms with van der Waals surface area (Å²) >= 11 is 0. The number of aromatic nitrogens is 2. The smallest absolute Gasteiger partial charge is 0.251 e. The van der Waals surface area contributed by atoms with Gasteiger partial charge in [-0.3, -0.25) is 14.8 Å². The molecule has 3 rings (SSSR count). The Morgan fingerprint density at radius 2 is 2.15 bits per heavy atom. The van der Waals surface area contributed by atoms with E-state index in [0.29, 0.717) is 29.7 Å². The highest BCUT2D eigenvalue weighted by atomic mass is 16.5. The van der Waals surface area contributed by atoms with Crippen molar-refractivity contribution >= 4 is 22.6 Å². The second-order valence-electron chi connectivity index (χ2n) is 6.42. The van der Waals surface area contributed by atoms with Crippen LogP contribution in [0.3, 0.4) is 0 Å². The molecule has 9 nitrogen and oxygen atoms in total. The number of ether oxygens (including phenoxy) is 1. The molecule has 3 atom stereocenters. The van der Waals surface area contributed by atoms with Crippen molar-refractivity contribution in [1.82, 2.24) is 15.3 Å². The zero-order valence-corrected chi connectivity index (χ0v) is 14.9. The normalized spacial score (nSPS) is 20.9. The van der Waals surface area contributed by atoms with E-state index in [2.05, 4.69) is 21.4 Å². The minimum Gasteiger partial charge on any atom is -0.394 e. The Kier molecular flexibility index (Phi) is 5.81. The summed E-state index contributed by atoms with van der Waals surface area (Å²) in [7, 11) is 0. The molecule has 0 spiro atoms. The van der Waals surface area contributed by atoms with Crippen molar-refractivity contribution in [3.8, 4) is 6.07 Å². The highest BCUT2D eigenvalue weighted by Gasteiger charge is 2.31. The molecule has 1 aliphatic rings. The Bertz CT molecular complexity index is 868. The molecule has 2 heterocycles. The molecular formula is C18H21N5O4. The Labute approximate surface area is 156 Å². The third kappa shape index (κ3) is 4.14. The molecule has 0 unspecified atom stereocenters. The summed E-state index contributed by atoms with van der Waals surface area (Å²) in [5.74, 6) is -0.358. The van der Waals surface area contributed by atoms with Gasteiger partial charge in [0.05, 0.1) is 36.6 Å². The van der Waals surface area contributed by atoms with Crippen molar-refractivity contribution in [3.63, 3.8) is 0 Å². The number of carbonyl (C=O) groups excluding carboxylic acids is 1. The third-order valence-electron chi connectivity index (χ3n) is 4.34. The zero-order valence-electron chi connectivity index (χ0n) is 14.9. The number of anilines is 1. The van der Waals surface area contributed by atoms with Gasteiger partial charge in [-0.25, -0.2) is 0 Å². The van der Waals surface area contributed by atoms with Gasteiger partial charge in [0.15, 0.2) is 6.10 Å². The van der Waals surface area contributed by atoms with Crippen molar-refractivity contribution in [1.29, 1.82) is 5.26 Å². The number of nitriles is 1. The molecule has 2 aromatic rings. The highest BCUT2D eigenvalue weighted by molar-refractivity contribution is 5.92. The topological polar surface area (TPSA) is 132 Å². The summed E-state index contributed by atoms with van der Waals surface area (Å²) < 4.78 is 5.74. The second-order valence-corrected chi connectivity index (χ2v) is 6.42. The van der Waals surface area contributed by atoms with Crippen molar-refractivity contribution in [3.05, 3.63) is 30.1 Å². The number of aliphatic hydroxyl groups is 2. The van der Waals surface area contributed by atoms with Crippen molar-refractivity contribution in [2.75, 3.05) is 31.1 Å². The van der Waals surface area contributed by atoms with Gasteiger partial charge in [-0.1, -0.05) is 0 Å². The average molecular weight is 371 g/mol. The molecule has 142 valence electrons. The molecule has 27 heavy (non-hydrogen) atoms. The number of nitrogens with one attached hydrogen (secondary N) is 1. The minimum atomic E-state index is -1.01. The van der Waals surface area contributed by atoms with E-state index < -0.39 is 18.8 Å². The quantitative estimate of drug-likeness (QED) is 0.645. The van der Waals surface area contributed by atoms with Crippen LogP contribution < -0.4 is 10.2 Å². The Morgan fingerprint density at radius 1 is 1.41 bits per heavy atom. The lowest BCUT2D eigenvalue weighted by molar-refractivity contribution is -0.137. The summed E-state index contributed by atoms with van der Waals surface area (Å²) in [6.45, 7) is 2.25. The van der Waals surface area contributed by atoms with Crippen LogP contribution in [0.4, 0.5) is 5.69 Å². The van der Waals surface area contributed by atoms with E-state index in [1.807, 2.05) is 11.8 Å². The summed E-state index contributed by atoms with van der Waals surface area (Å²) in [5, 5.41) is 30.1. The lowest BCUT2D eigenvalue weighted by Gasteiger charge is -2.37. The lowest BCUT2D eigenvalue weighted by Crippen LogP contribution is -2.53. The molecule has 0 aliphatic carbocycles. The van der Waals surface area contributed by atoms with E-state index in [-0.39, 0.29) is 18.6 Å². The van der Waals surface area contributed by atoms with Crippen LogP contribution in [0, 0.1) is 11.3 Å². The maximum Gasteiger partial charge on any atom is 0.251 e. The van der Waals surface area contributed by atoms with Crippen molar-refractivity contribution in [2.45, 2.75) is 25.2 Å². The third-order valence-corrected chi connectivity index (χ3v) is 4.34. The van der Waals surface area contributed by atoms with Crippen LogP contribution in [-0.2, 0) is 9.53 Å². The predicted octanol–water partition coefficient (Wildman–Crippen LogP) is -0.435. The number of hydrogen-bond donors (Lipinski definition) is 3. The fourth-order valence-corrected chi connectivity index (χ4v) is 3.08. The largest absolute Gasteiger partial charge is 0.394 e. The first-order valence-corrected chi connectivity index (χ1v) is 8.64. The maximum atomic E-state index is 12.4. The SMILES string of the molecule is C[C@@H]1CN(c2ccc(C#N)c3nccnc23)C[C@H](C(=O)NC[C@H](O)CO)O1. The molecule has 9 heteroatoms. The second kappa shape index (κ2) is 8.26. The van der Waals surface area contributed by atoms with E-state index in [0.717, 1.165) is 5.69 Å². The predicted molar refractivity (Wildman–Crippen MR) is 96.9 cm³/mol. The number of hydrogen-bond acceptors (Lipinski definition) is 8. The first-order chi connectivity index (χ1) is 13.0. The molecule has 1 aliphatic heterocycles. The van der Waals surface area contributed by atoms with Gasteiger partial charge in [-0.15, -0.1) is 0 Å². The number of benzene rings is 1. The molecule has 3 N–H and O–H groups in total. The molecule has 1 saturated heterocycles. The molecule has 1 amide bonds. The Balaban J connectivity index is 1.84. The molecular weight excluding hydrogens is 350 g/mol. The van der Waals surface area contributed by atoms with E-state index in [1.54, 1.807) is 18.3 Å². The van der Waals surface area contributed by atoms with Gasteiger partial charge in [-0.05, 0) is 19.1 Å². The van der Waals surface area contributed by atoms with E-state index in [1.165, 1.54) is 6.20 Å². The molecule has 0 bridgehead atoms. The van der Waals surface area contributed by atoms with Gasteiger partial charge >= 0.3 is 0 Å². The fraction of sp³-hybridized carbons (Fsp3) is 0.444. The van der Waals surface area contributed by atoms with Crippen LogP contribution in [0.15, 0.2) is 24.5 Å². The summed E-state index contributed by atoms with van der Waals surface area (Å²) in [4.78, 5) is 23.0. The number of amides is 1. The first-order valence-electron chi connectivity index (χ1n) is 8.64. The number of fused-ring (bicyclic) bond motifs is 1. The number of rotatable bonds is 5. The zero-order chi connectivity index (χ0) is 19.4. The van der Waals surface area contributed by atoms with Crippen LogP contribution >= 0.6 is 0 Å². The van der Waals surface area contributed by atoms with Gasteiger partial charge in [0.25, 0.3) is 5.91 Å². The first kappa shape index (κ1) is 19.0. The maximum absolute atomic E-state index is 12.4. The van der Waals surface area contributed by atoms with Crippen LogP contribution in [0.5, 0.6) is 0 Å². The highest BCUT2D eigenvalue weighted by Crippen LogP contribution is 2.28. The summed E-state index contributed by atoms with van der Waals surface area (Å²) in [5.41, 5.74) is 2.33. The average Bonchev–Trinajstić information content (AvgIpc) is 2.70. The van der Waals surface area contributed by atoms with Gasteiger partial charge in [0, 0.05) is 25.5 Å². The fourth-order valence-electron chi connectivity index (χ4n) is 3.08. The summed E-state index contributed by atoms with van der Waals surface area (Å²) in [6.07, 6.45) is 1.15. The van der Waals surface area contributed by atoms with Crippen LogP contribution in [-0.4, -0.2) is 70.6 Å². The van der Waals surface area contributed by atoms with Gasteiger partial charge in [0.2, 0.25) is 0 Å². The van der Waals surface area contributed by atoms with Gasteiger partial charge in [-0.2, -0.15) is 5.26 Å². The summed E-state index contributed by atoms with van der Waals surface area (Å²) in [6, 6.07) is 5.61. The van der Waals surface area contributed by atoms with Crippen LogP contribution in [0.1, 0.15) is 12.5 Å². The van der Waals surface area contributed by atoms with Crippen LogP contribution in [0.2, 0.25) is 0 Å². The van der Waals surface area contributed by atoms with E-state index in [9.17, 15) is 15.2 Å². The number of carbonyl (C=O) groups is 1. The van der Waals surface area contributed by atoms with Gasteiger partial charge in [0.1, 0.15) is 17.1 Å². The number of aliphatic hydroxyl groups excluding tert-OH is 2. The van der Waals surface area contributed by atoms with Gasteiger partial charge < -0.3 is 25.2 Å². The number of nitrogens with zero attached hydrogens (tertiary/aromatic N) is 4. The Hall–Kier alpha value is -2.80. The van der Waals surface area contributed by atoms with Crippen molar-refractivity contribution < 1.29 is 19.7 Å². The van der Waals surface area contributed by atoms with Crippen molar-refractivity contribution in [2.24, 2.45) is 0 Å². The molecule has 1 aromatic carbocycles. The molecule has 0 saturated carbocycles. The Morgan fingerprint density at radius 3 is 2.85 bits per heavy atom. The lowest BCUT2D eigenvalue weighted by atomic mass is 10.1. The molecule has 1 aromatic heterocycles. The standard InChI is InChI=1S/C18H21N5O4/c1-11-8-23(9-15(27-11)18(26)22-7-13(25)10-24)14-3-2-12(6-19)16-17(14)21-5-4-20-16/h2-5,11,13,15,24-25H,7-10H2,1H3,(H,22,26)/t11-,13+,15-/m1/s1. The molecule has 1 fully saturated rings. The minimum absolute atomic E-state index is 0.0468. The van der Waals surface area contributed by atoms with Crippen LogP contribution in [0.25, 0.3) is 11.0 Å². The molecule has 0 radical (unpaired) electrons.